The number of carbonyl (C=O) groups excluding carboxylic acids is 1. The summed E-state index contributed by atoms with van der Waals surface area (Å²) in [6.07, 6.45) is 2.30. The average Bonchev–Trinajstić information content (AvgIpc) is 2.55. The molecule has 0 spiro atoms. The molecule has 0 saturated carbocycles. The highest BCUT2D eigenvalue weighted by atomic mass is 16.1. The second kappa shape index (κ2) is 5.88. The summed E-state index contributed by atoms with van der Waals surface area (Å²) in [7, 11) is 0. The van der Waals surface area contributed by atoms with Gasteiger partial charge in [-0.1, -0.05) is 6.07 Å². The number of nitrogens with one attached hydrogen (secondary N) is 1. The standard InChI is InChI=1S/C16H20N4O2/c1-3-18-7-9-19(10-8-18)15-13(11-21)16(22)20-6-4-5-12(2)14(20)17-15/h4-6,11H,3,7-10H2,1-2H3/p+1. The van der Waals surface area contributed by atoms with Crippen LogP contribution in [0.2, 0.25) is 0 Å². The second-order valence-corrected chi connectivity index (χ2v) is 5.75. The van der Waals surface area contributed by atoms with E-state index >= 15 is 0 Å². The SMILES string of the molecule is CC[NH+]1CCN(c2nc3c(C)cccn3c(=O)c2C=O)CC1. The van der Waals surface area contributed by atoms with Crippen molar-refractivity contribution < 1.29 is 9.69 Å². The third-order valence-corrected chi connectivity index (χ3v) is 4.45. The number of anilines is 1. The van der Waals surface area contributed by atoms with E-state index in [2.05, 4.69) is 16.8 Å². The van der Waals surface area contributed by atoms with Gasteiger partial charge in [-0.15, -0.1) is 0 Å². The van der Waals surface area contributed by atoms with Gasteiger partial charge in [-0.05, 0) is 25.5 Å². The van der Waals surface area contributed by atoms with Crippen molar-refractivity contribution in [1.82, 2.24) is 9.38 Å². The van der Waals surface area contributed by atoms with E-state index in [9.17, 15) is 9.59 Å². The van der Waals surface area contributed by atoms with Gasteiger partial charge in [-0.25, -0.2) is 4.98 Å². The number of nitrogens with zero attached hydrogens (tertiary/aromatic N) is 3. The molecule has 1 aliphatic rings. The zero-order valence-electron chi connectivity index (χ0n) is 13.0. The number of fused-ring (bicyclic) bond motifs is 1. The number of aryl methyl sites for hydroxylation is 1. The molecule has 2 aromatic heterocycles. The Balaban J connectivity index is 2.11. The van der Waals surface area contributed by atoms with Crippen LogP contribution in [0.15, 0.2) is 23.1 Å². The first kappa shape index (κ1) is 14.7. The Kier molecular flexibility index (Phi) is 3.94. The molecule has 0 bridgehead atoms. The minimum absolute atomic E-state index is 0.156. The maximum atomic E-state index is 12.6. The zero-order valence-corrected chi connectivity index (χ0v) is 13.0. The maximum absolute atomic E-state index is 12.6. The Morgan fingerprint density at radius 3 is 2.73 bits per heavy atom. The Labute approximate surface area is 129 Å². The van der Waals surface area contributed by atoms with Gasteiger partial charge in [-0.2, -0.15) is 0 Å². The van der Waals surface area contributed by atoms with Gasteiger partial charge in [0.25, 0.3) is 5.56 Å². The molecule has 1 N–H and O–H groups in total. The Bertz CT molecular complexity index is 761. The third kappa shape index (κ3) is 2.39. The molecule has 0 radical (unpaired) electrons. The van der Waals surface area contributed by atoms with Crippen LogP contribution in [-0.2, 0) is 0 Å². The monoisotopic (exact) mass is 301 g/mol. The fourth-order valence-corrected chi connectivity index (χ4v) is 3.03. The number of likely N-dealkylation sites (N-methyl/N-ethyl adjacent to an activating group) is 1. The molecular formula is C16H21N4O2+. The van der Waals surface area contributed by atoms with E-state index in [0.717, 1.165) is 38.3 Å². The number of aldehydes is 1. The molecule has 0 amide bonds. The number of piperazine rings is 1. The molecule has 1 fully saturated rings. The maximum Gasteiger partial charge on any atom is 0.270 e. The summed E-state index contributed by atoms with van der Waals surface area (Å²) >= 11 is 0. The molecule has 3 rings (SSSR count). The van der Waals surface area contributed by atoms with Crippen molar-refractivity contribution >= 4 is 17.8 Å². The topological polar surface area (TPSA) is 59.1 Å². The molecule has 1 saturated heterocycles. The fourth-order valence-electron chi connectivity index (χ4n) is 3.03. The number of pyridine rings is 1. The molecule has 0 unspecified atom stereocenters. The van der Waals surface area contributed by atoms with Crippen molar-refractivity contribution in [3.8, 4) is 0 Å². The van der Waals surface area contributed by atoms with Gasteiger partial charge in [0.2, 0.25) is 0 Å². The predicted molar refractivity (Wildman–Crippen MR) is 85.0 cm³/mol. The molecule has 2 aromatic rings. The summed E-state index contributed by atoms with van der Waals surface area (Å²) in [5, 5.41) is 0. The number of carbonyl (C=O) groups is 1. The lowest BCUT2D eigenvalue weighted by atomic mass is 10.2. The van der Waals surface area contributed by atoms with Gasteiger partial charge in [-0.3, -0.25) is 14.0 Å². The van der Waals surface area contributed by atoms with Gasteiger partial charge >= 0.3 is 0 Å². The zero-order chi connectivity index (χ0) is 15.7. The molecule has 116 valence electrons. The van der Waals surface area contributed by atoms with Crippen LogP contribution in [0, 0.1) is 6.92 Å². The largest absolute Gasteiger partial charge is 0.344 e. The first-order chi connectivity index (χ1) is 10.7. The summed E-state index contributed by atoms with van der Waals surface area (Å²) in [4.78, 5) is 32.2. The highest BCUT2D eigenvalue weighted by molar-refractivity contribution is 5.83. The second-order valence-electron chi connectivity index (χ2n) is 5.75. The first-order valence-electron chi connectivity index (χ1n) is 7.71. The molecule has 3 heterocycles. The van der Waals surface area contributed by atoms with Crippen LogP contribution in [0.25, 0.3) is 5.65 Å². The van der Waals surface area contributed by atoms with E-state index in [4.69, 9.17) is 0 Å². The van der Waals surface area contributed by atoms with Crippen LogP contribution in [0.4, 0.5) is 5.82 Å². The summed E-state index contributed by atoms with van der Waals surface area (Å²) in [6.45, 7) is 8.84. The van der Waals surface area contributed by atoms with Gasteiger partial charge in [0.05, 0.1) is 32.7 Å². The van der Waals surface area contributed by atoms with E-state index in [1.165, 1.54) is 9.30 Å². The highest BCUT2D eigenvalue weighted by Crippen LogP contribution is 2.16. The van der Waals surface area contributed by atoms with Crippen molar-refractivity contribution in [2.75, 3.05) is 37.6 Å². The van der Waals surface area contributed by atoms with Crippen LogP contribution in [0.3, 0.4) is 0 Å². The number of hydrogen-bond acceptors (Lipinski definition) is 4. The molecule has 22 heavy (non-hydrogen) atoms. The normalized spacial score (nSPS) is 16.2. The molecule has 0 aromatic carbocycles. The number of rotatable bonds is 3. The van der Waals surface area contributed by atoms with Crippen LogP contribution in [-0.4, -0.2) is 48.4 Å². The van der Waals surface area contributed by atoms with Gasteiger partial charge in [0.15, 0.2) is 6.29 Å². The Morgan fingerprint density at radius 1 is 1.36 bits per heavy atom. The van der Waals surface area contributed by atoms with Crippen molar-refractivity contribution in [2.24, 2.45) is 0 Å². The van der Waals surface area contributed by atoms with E-state index < -0.39 is 0 Å². The van der Waals surface area contributed by atoms with E-state index in [0.29, 0.717) is 17.8 Å². The van der Waals surface area contributed by atoms with Gasteiger partial charge < -0.3 is 9.80 Å². The lowest BCUT2D eigenvalue weighted by Gasteiger charge is -2.32. The Hall–Kier alpha value is -2.21. The minimum Gasteiger partial charge on any atom is -0.344 e. The first-order valence-corrected chi connectivity index (χ1v) is 7.71. The lowest BCUT2D eigenvalue weighted by Crippen LogP contribution is -3.14. The van der Waals surface area contributed by atoms with Crippen LogP contribution in [0.5, 0.6) is 0 Å². The minimum atomic E-state index is -0.288. The van der Waals surface area contributed by atoms with Crippen LogP contribution >= 0.6 is 0 Å². The summed E-state index contributed by atoms with van der Waals surface area (Å²) < 4.78 is 1.45. The van der Waals surface area contributed by atoms with Crippen LogP contribution in [0.1, 0.15) is 22.8 Å². The molecule has 0 aliphatic carbocycles. The van der Waals surface area contributed by atoms with Crippen molar-refractivity contribution in [1.29, 1.82) is 0 Å². The Morgan fingerprint density at radius 2 is 2.09 bits per heavy atom. The van der Waals surface area contributed by atoms with Crippen molar-refractivity contribution in [3.63, 3.8) is 0 Å². The summed E-state index contributed by atoms with van der Waals surface area (Å²) in [5.74, 6) is 0.532. The number of aromatic nitrogens is 2. The average molecular weight is 301 g/mol. The smallest absolute Gasteiger partial charge is 0.270 e. The lowest BCUT2D eigenvalue weighted by molar-refractivity contribution is -0.898. The molecule has 6 nitrogen and oxygen atoms in total. The molecule has 1 aliphatic heterocycles. The van der Waals surface area contributed by atoms with Gasteiger partial charge in [0, 0.05) is 6.20 Å². The van der Waals surface area contributed by atoms with E-state index in [-0.39, 0.29) is 11.1 Å². The predicted octanol–water partition coefficient (Wildman–Crippen LogP) is -0.460. The molecular weight excluding hydrogens is 280 g/mol. The fraction of sp³-hybridized carbons (Fsp3) is 0.438. The van der Waals surface area contributed by atoms with Crippen molar-refractivity contribution in [2.45, 2.75) is 13.8 Å². The highest BCUT2D eigenvalue weighted by Gasteiger charge is 2.24. The molecule has 0 atom stereocenters. The third-order valence-electron chi connectivity index (χ3n) is 4.45. The van der Waals surface area contributed by atoms with E-state index in [1.54, 1.807) is 12.3 Å². The quantitative estimate of drug-likeness (QED) is 0.780. The number of hydrogen-bond donors (Lipinski definition) is 1. The summed E-state index contributed by atoms with van der Waals surface area (Å²) in [6, 6.07) is 3.72. The van der Waals surface area contributed by atoms with Crippen molar-refractivity contribution in [3.05, 3.63) is 39.8 Å². The van der Waals surface area contributed by atoms with Crippen LogP contribution < -0.4 is 15.4 Å². The van der Waals surface area contributed by atoms with E-state index in [1.807, 2.05) is 13.0 Å². The van der Waals surface area contributed by atoms with Gasteiger partial charge in [0.1, 0.15) is 17.0 Å². The summed E-state index contributed by atoms with van der Waals surface area (Å²) in [5.41, 5.74) is 1.42. The molecule has 6 heteroatoms. The number of quaternary nitrogens is 1.